The molecule has 1 N–H and O–H groups in total. The van der Waals surface area contributed by atoms with Gasteiger partial charge in [0.2, 0.25) is 0 Å². The minimum Gasteiger partial charge on any atom is -0.351 e. The third-order valence-electron chi connectivity index (χ3n) is 4.05. The summed E-state index contributed by atoms with van der Waals surface area (Å²) in [7, 11) is 0. The van der Waals surface area contributed by atoms with Crippen molar-refractivity contribution >= 4 is 11.8 Å². The van der Waals surface area contributed by atoms with Crippen LogP contribution in [0.1, 0.15) is 36.2 Å². The van der Waals surface area contributed by atoms with E-state index in [2.05, 4.69) is 10.3 Å². The normalized spacial score (nSPS) is 20.9. The first-order valence-corrected chi connectivity index (χ1v) is 7.29. The van der Waals surface area contributed by atoms with Crippen LogP contribution < -0.4 is 5.32 Å². The van der Waals surface area contributed by atoms with Crippen LogP contribution in [-0.4, -0.2) is 46.5 Å². The molecule has 5 nitrogen and oxygen atoms in total. The summed E-state index contributed by atoms with van der Waals surface area (Å²) in [5.74, 6) is -0.727. The van der Waals surface area contributed by atoms with Crippen LogP contribution in [0.3, 0.4) is 0 Å². The predicted octanol–water partition coefficient (Wildman–Crippen LogP) is 1.30. The van der Waals surface area contributed by atoms with Crippen LogP contribution in [0.4, 0.5) is 4.39 Å². The van der Waals surface area contributed by atoms with Gasteiger partial charge in [-0.3, -0.25) is 14.6 Å². The fraction of sp³-hybridized carbons (Fsp3) is 0.533. The molecule has 0 unspecified atom stereocenters. The monoisotopic (exact) mass is 291 g/mol. The van der Waals surface area contributed by atoms with Crippen molar-refractivity contribution in [3.05, 3.63) is 30.1 Å². The van der Waals surface area contributed by atoms with Gasteiger partial charge >= 0.3 is 0 Å². The number of piperidine rings is 1. The molecule has 1 saturated heterocycles. The average molecular weight is 291 g/mol. The second-order valence-electron chi connectivity index (χ2n) is 5.72. The highest BCUT2D eigenvalue weighted by Gasteiger charge is 2.44. The van der Waals surface area contributed by atoms with Gasteiger partial charge in [0.15, 0.2) is 5.67 Å². The zero-order valence-corrected chi connectivity index (χ0v) is 11.7. The molecule has 0 bridgehead atoms. The second-order valence-corrected chi connectivity index (χ2v) is 5.72. The van der Waals surface area contributed by atoms with Gasteiger partial charge in [-0.15, -0.1) is 0 Å². The number of alkyl halides is 1. The van der Waals surface area contributed by atoms with Crippen LogP contribution in [0.15, 0.2) is 24.4 Å². The smallest absolute Gasteiger partial charge is 0.272 e. The number of hydrogen-bond donors (Lipinski definition) is 1. The summed E-state index contributed by atoms with van der Waals surface area (Å²) >= 11 is 0. The molecule has 112 valence electrons. The molecule has 0 atom stereocenters. The Balaban J connectivity index is 1.59. The molecule has 0 aromatic carbocycles. The molecule has 1 aliphatic heterocycles. The molecule has 1 aromatic heterocycles. The summed E-state index contributed by atoms with van der Waals surface area (Å²) in [4.78, 5) is 29.7. The fourth-order valence-electron chi connectivity index (χ4n) is 2.48. The van der Waals surface area contributed by atoms with E-state index >= 15 is 0 Å². The quantitative estimate of drug-likeness (QED) is 0.913. The summed E-state index contributed by atoms with van der Waals surface area (Å²) in [5.41, 5.74) is -1.49. The number of carbonyl (C=O) groups is 2. The number of likely N-dealkylation sites (tertiary alicyclic amines) is 1. The van der Waals surface area contributed by atoms with Crippen LogP contribution in [-0.2, 0) is 4.79 Å². The zero-order chi connectivity index (χ0) is 14.9. The predicted molar refractivity (Wildman–Crippen MR) is 74.4 cm³/mol. The zero-order valence-electron chi connectivity index (χ0n) is 11.7. The van der Waals surface area contributed by atoms with Crippen molar-refractivity contribution in [2.24, 2.45) is 0 Å². The first kappa shape index (κ1) is 14.0. The van der Waals surface area contributed by atoms with Crippen molar-refractivity contribution in [2.75, 3.05) is 13.1 Å². The molecule has 2 heterocycles. The van der Waals surface area contributed by atoms with Gasteiger partial charge in [0.05, 0.1) is 0 Å². The Kier molecular flexibility index (Phi) is 3.61. The Morgan fingerprint density at radius 1 is 1.29 bits per heavy atom. The number of nitrogens with zero attached hydrogens (tertiary/aromatic N) is 2. The van der Waals surface area contributed by atoms with Crippen molar-refractivity contribution in [3.8, 4) is 0 Å². The third kappa shape index (κ3) is 3.04. The molecule has 2 fully saturated rings. The highest BCUT2D eigenvalue weighted by Crippen LogP contribution is 2.29. The van der Waals surface area contributed by atoms with Gasteiger partial charge in [-0.2, -0.15) is 0 Å². The molecule has 3 rings (SSSR count). The number of halogens is 1. The van der Waals surface area contributed by atoms with E-state index in [1.807, 2.05) is 0 Å². The van der Waals surface area contributed by atoms with Gasteiger partial charge in [0.25, 0.3) is 11.8 Å². The number of carbonyl (C=O) groups excluding carboxylic acids is 2. The lowest BCUT2D eigenvalue weighted by atomic mass is 9.92. The number of aromatic nitrogens is 1. The molecule has 6 heteroatoms. The topological polar surface area (TPSA) is 62.3 Å². The van der Waals surface area contributed by atoms with E-state index < -0.39 is 11.6 Å². The van der Waals surface area contributed by atoms with Gasteiger partial charge in [-0.1, -0.05) is 6.07 Å². The summed E-state index contributed by atoms with van der Waals surface area (Å²) < 4.78 is 14.6. The molecular weight excluding hydrogens is 273 g/mol. The first-order valence-electron chi connectivity index (χ1n) is 7.29. The Morgan fingerprint density at radius 2 is 2.00 bits per heavy atom. The molecule has 21 heavy (non-hydrogen) atoms. The number of rotatable bonds is 3. The van der Waals surface area contributed by atoms with Gasteiger partial charge in [-0.05, 0) is 25.0 Å². The number of pyridine rings is 1. The standard InChI is InChI=1S/C15H18FN3O2/c16-15(14(21)18-11-4-5-11)6-9-19(10-7-15)13(20)12-3-1-2-8-17-12/h1-3,8,11H,4-7,9-10H2,(H,18,21). The van der Waals surface area contributed by atoms with E-state index in [4.69, 9.17) is 0 Å². The van der Waals surface area contributed by atoms with Crippen molar-refractivity contribution in [2.45, 2.75) is 37.4 Å². The molecule has 0 radical (unpaired) electrons. The lowest BCUT2D eigenvalue weighted by molar-refractivity contribution is -0.135. The Morgan fingerprint density at radius 3 is 2.57 bits per heavy atom. The van der Waals surface area contributed by atoms with Crippen LogP contribution in [0, 0.1) is 0 Å². The Hall–Kier alpha value is -1.98. The summed E-state index contributed by atoms with van der Waals surface area (Å²) in [6.07, 6.45) is 3.52. The van der Waals surface area contributed by atoms with Crippen molar-refractivity contribution in [1.29, 1.82) is 0 Å². The fourth-order valence-corrected chi connectivity index (χ4v) is 2.48. The van der Waals surface area contributed by atoms with E-state index in [9.17, 15) is 14.0 Å². The highest BCUT2D eigenvalue weighted by atomic mass is 19.1. The second kappa shape index (κ2) is 5.42. The minimum absolute atomic E-state index is 0.0458. The SMILES string of the molecule is O=C(c1ccccn1)N1CCC(F)(C(=O)NC2CC2)CC1. The van der Waals surface area contributed by atoms with Crippen molar-refractivity contribution < 1.29 is 14.0 Å². The van der Waals surface area contributed by atoms with E-state index in [1.165, 1.54) is 0 Å². The lowest BCUT2D eigenvalue weighted by Crippen LogP contribution is -2.52. The van der Waals surface area contributed by atoms with Gasteiger partial charge in [0.1, 0.15) is 5.69 Å². The van der Waals surface area contributed by atoms with Gasteiger partial charge in [0, 0.05) is 38.2 Å². The molecule has 1 saturated carbocycles. The van der Waals surface area contributed by atoms with Crippen LogP contribution in [0.5, 0.6) is 0 Å². The van der Waals surface area contributed by atoms with E-state index in [1.54, 1.807) is 29.3 Å². The minimum atomic E-state index is -1.84. The third-order valence-corrected chi connectivity index (χ3v) is 4.05. The number of hydrogen-bond acceptors (Lipinski definition) is 3. The Bertz CT molecular complexity index is 537. The maximum atomic E-state index is 14.6. The van der Waals surface area contributed by atoms with Crippen LogP contribution >= 0.6 is 0 Å². The molecule has 0 spiro atoms. The lowest BCUT2D eigenvalue weighted by Gasteiger charge is -2.35. The van der Waals surface area contributed by atoms with Crippen molar-refractivity contribution in [3.63, 3.8) is 0 Å². The number of nitrogens with one attached hydrogen (secondary N) is 1. The molecule has 2 aliphatic rings. The van der Waals surface area contributed by atoms with Crippen LogP contribution in [0.25, 0.3) is 0 Å². The van der Waals surface area contributed by atoms with E-state index in [-0.39, 0.29) is 37.9 Å². The first-order chi connectivity index (χ1) is 10.1. The molecule has 2 amide bonds. The highest BCUT2D eigenvalue weighted by molar-refractivity contribution is 5.92. The maximum absolute atomic E-state index is 14.6. The average Bonchev–Trinajstić information content (AvgIpc) is 3.32. The van der Waals surface area contributed by atoms with Crippen LogP contribution in [0.2, 0.25) is 0 Å². The van der Waals surface area contributed by atoms with Crippen molar-refractivity contribution in [1.82, 2.24) is 15.2 Å². The summed E-state index contributed by atoms with van der Waals surface area (Å²) in [6, 6.07) is 5.27. The van der Waals surface area contributed by atoms with Gasteiger partial charge in [-0.25, -0.2) is 4.39 Å². The molecule has 1 aromatic rings. The maximum Gasteiger partial charge on any atom is 0.272 e. The Labute approximate surface area is 122 Å². The van der Waals surface area contributed by atoms with E-state index in [0.717, 1.165) is 12.8 Å². The van der Waals surface area contributed by atoms with E-state index in [0.29, 0.717) is 5.69 Å². The number of amides is 2. The molecular formula is C15H18FN3O2. The largest absolute Gasteiger partial charge is 0.351 e. The molecule has 1 aliphatic carbocycles. The van der Waals surface area contributed by atoms with Gasteiger partial charge < -0.3 is 10.2 Å². The summed E-state index contributed by atoms with van der Waals surface area (Å²) in [5, 5.41) is 2.71. The summed E-state index contributed by atoms with van der Waals surface area (Å²) in [6.45, 7) is 0.480.